The van der Waals surface area contributed by atoms with Gasteiger partial charge in [-0.2, -0.15) is 0 Å². The van der Waals surface area contributed by atoms with Crippen LogP contribution >= 0.6 is 11.8 Å². The molecule has 3 rings (SSSR count). The van der Waals surface area contributed by atoms with E-state index in [1.807, 2.05) is 58.7 Å². The molecule has 1 amide bonds. The molecule has 0 atom stereocenters. The van der Waals surface area contributed by atoms with Crippen LogP contribution in [-0.2, 0) is 9.53 Å². The Labute approximate surface area is 145 Å². The minimum Gasteiger partial charge on any atom is -0.394 e. The second-order valence-electron chi connectivity index (χ2n) is 5.38. The molecule has 5 nitrogen and oxygen atoms in total. The molecule has 2 aromatic carbocycles. The third kappa shape index (κ3) is 3.79. The van der Waals surface area contributed by atoms with Crippen LogP contribution in [-0.4, -0.2) is 43.9 Å². The van der Waals surface area contributed by atoms with E-state index >= 15 is 0 Å². The number of benzene rings is 2. The minimum atomic E-state index is 0.0257. The fraction of sp³-hybridized carbons (Fsp3) is 0.278. The van der Waals surface area contributed by atoms with Crippen molar-refractivity contribution < 1.29 is 20.0 Å². The molecular weight excluding hydrogens is 324 g/mol. The van der Waals surface area contributed by atoms with Crippen molar-refractivity contribution >= 4 is 29.0 Å². The molecule has 126 valence electrons. The molecule has 3 N–H and O–H groups in total. The molecule has 0 saturated carbocycles. The lowest BCUT2D eigenvalue weighted by Crippen LogP contribution is -2.87. The second kappa shape index (κ2) is 8.30. The van der Waals surface area contributed by atoms with Crippen LogP contribution in [0.1, 0.15) is 0 Å². The van der Waals surface area contributed by atoms with Gasteiger partial charge < -0.3 is 15.2 Å². The van der Waals surface area contributed by atoms with Gasteiger partial charge in [-0.15, -0.1) is 0 Å². The third-order valence-electron chi connectivity index (χ3n) is 3.70. The number of rotatable bonds is 7. The summed E-state index contributed by atoms with van der Waals surface area (Å²) in [5.74, 6) is 0.0531. The van der Waals surface area contributed by atoms with Gasteiger partial charge in [-0.3, -0.25) is 9.69 Å². The first-order chi connectivity index (χ1) is 11.8. The van der Waals surface area contributed by atoms with E-state index in [2.05, 4.69) is 0 Å². The zero-order valence-corrected chi connectivity index (χ0v) is 14.2. The molecule has 1 aliphatic heterocycles. The number of anilines is 2. The Hall–Kier alpha value is -1.86. The fourth-order valence-electron chi connectivity index (χ4n) is 2.62. The molecule has 0 aromatic heterocycles. The maximum atomic E-state index is 12.8. The summed E-state index contributed by atoms with van der Waals surface area (Å²) in [5.41, 5.74) is 1.88. The molecule has 0 saturated heterocycles. The number of fused-ring (bicyclic) bond motifs is 2. The van der Waals surface area contributed by atoms with E-state index in [9.17, 15) is 4.79 Å². The first kappa shape index (κ1) is 17.0. The quantitative estimate of drug-likeness (QED) is 0.744. The van der Waals surface area contributed by atoms with Crippen molar-refractivity contribution in [2.75, 3.05) is 37.8 Å². The molecule has 24 heavy (non-hydrogen) atoms. The SMILES string of the molecule is O=C(C[NH2+]CCOCCO)N1c2ccccc2Sc2ccccc21. The molecule has 2 aromatic rings. The number of carbonyl (C=O) groups is 1. The molecule has 0 aliphatic carbocycles. The van der Waals surface area contributed by atoms with Crippen molar-refractivity contribution in [1.29, 1.82) is 0 Å². The highest BCUT2D eigenvalue weighted by Crippen LogP contribution is 2.47. The van der Waals surface area contributed by atoms with E-state index < -0.39 is 0 Å². The number of nitrogens with zero attached hydrogens (tertiary/aromatic N) is 1. The van der Waals surface area contributed by atoms with Crippen LogP contribution in [0.3, 0.4) is 0 Å². The molecule has 0 fully saturated rings. The summed E-state index contributed by atoms with van der Waals surface area (Å²) in [4.78, 5) is 16.8. The molecule has 0 radical (unpaired) electrons. The maximum absolute atomic E-state index is 12.8. The Morgan fingerprint density at radius 1 is 1.04 bits per heavy atom. The van der Waals surface area contributed by atoms with Gasteiger partial charge in [0.1, 0.15) is 0 Å². The predicted molar refractivity (Wildman–Crippen MR) is 93.7 cm³/mol. The van der Waals surface area contributed by atoms with Crippen LogP contribution in [0.15, 0.2) is 58.3 Å². The average Bonchev–Trinajstić information content (AvgIpc) is 2.62. The van der Waals surface area contributed by atoms with Crippen molar-refractivity contribution in [2.45, 2.75) is 9.79 Å². The molecule has 6 heteroatoms. The Morgan fingerprint density at radius 2 is 1.67 bits per heavy atom. The number of hydrogen-bond donors (Lipinski definition) is 2. The normalized spacial score (nSPS) is 12.6. The Balaban J connectivity index is 1.71. The standard InChI is InChI=1S/C18H20N2O3S/c21-10-12-23-11-9-19-13-18(22)20-14-5-1-3-7-16(14)24-17-8-4-2-6-15(17)20/h1-8,19,21H,9-13H2/p+1. The molecule has 1 aliphatic rings. The number of para-hydroxylation sites is 2. The van der Waals surface area contributed by atoms with Gasteiger partial charge in [0.2, 0.25) is 0 Å². The summed E-state index contributed by atoms with van der Waals surface area (Å²) in [6, 6.07) is 16.0. The summed E-state index contributed by atoms with van der Waals surface area (Å²) >= 11 is 1.69. The number of aliphatic hydroxyl groups is 1. The van der Waals surface area contributed by atoms with E-state index in [4.69, 9.17) is 9.84 Å². The van der Waals surface area contributed by atoms with Gasteiger partial charge in [0.15, 0.2) is 6.54 Å². The van der Waals surface area contributed by atoms with Crippen LogP contribution in [0.2, 0.25) is 0 Å². The van der Waals surface area contributed by atoms with Crippen LogP contribution in [0.5, 0.6) is 0 Å². The van der Waals surface area contributed by atoms with Gasteiger partial charge in [0.05, 0.1) is 37.7 Å². The zero-order chi connectivity index (χ0) is 16.8. The summed E-state index contributed by atoms with van der Waals surface area (Å²) < 4.78 is 5.21. The summed E-state index contributed by atoms with van der Waals surface area (Å²) in [7, 11) is 0. The van der Waals surface area contributed by atoms with Crippen LogP contribution in [0, 0.1) is 0 Å². The number of quaternary nitrogens is 1. The van der Waals surface area contributed by atoms with Crippen LogP contribution in [0.4, 0.5) is 11.4 Å². The first-order valence-electron chi connectivity index (χ1n) is 8.00. The van der Waals surface area contributed by atoms with Gasteiger partial charge in [-0.1, -0.05) is 36.0 Å². The summed E-state index contributed by atoms with van der Waals surface area (Å²) in [5, 5.41) is 10.6. The van der Waals surface area contributed by atoms with E-state index in [0.717, 1.165) is 21.2 Å². The van der Waals surface area contributed by atoms with E-state index in [0.29, 0.717) is 26.3 Å². The van der Waals surface area contributed by atoms with Crippen molar-refractivity contribution in [1.82, 2.24) is 0 Å². The highest BCUT2D eigenvalue weighted by atomic mass is 32.2. The molecule has 1 heterocycles. The Morgan fingerprint density at radius 3 is 2.29 bits per heavy atom. The Bertz CT molecular complexity index is 663. The van der Waals surface area contributed by atoms with Crippen molar-refractivity contribution in [2.24, 2.45) is 0 Å². The van der Waals surface area contributed by atoms with Gasteiger partial charge in [-0.25, -0.2) is 0 Å². The van der Waals surface area contributed by atoms with Crippen molar-refractivity contribution in [3.63, 3.8) is 0 Å². The monoisotopic (exact) mass is 345 g/mol. The first-order valence-corrected chi connectivity index (χ1v) is 8.82. The predicted octanol–water partition coefficient (Wildman–Crippen LogP) is 1.39. The van der Waals surface area contributed by atoms with Crippen molar-refractivity contribution in [3.05, 3.63) is 48.5 Å². The summed E-state index contributed by atoms with van der Waals surface area (Å²) in [6.45, 7) is 1.94. The molecule has 0 bridgehead atoms. The van der Waals surface area contributed by atoms with Crippen molar-refractivity contribution in [3.8, 4) is 0 Å². The largest absolute Gasteiger partial charge is 0.394 e. The highest BCUT2D eigenvalue weighted by molar-refractivity contribution is 7.99. The van der Waals surface area contributed by atoms with E-state index in [-0.39, 0.29) is 12.5 Å². The average molecular weight is 345 g/mol. The molecular formula is C18H21N2O3S+. The zero-order valence-electron chi connectivity index (χ0n) is 13.4. The Kier molecular flexibility index (Phi) is 5.87. The highest BCUT2D eigenvalue weighted by Gasteiger charge is 2.28. The maximum Gasteiger partial charge on any atom is 0.286 e. The summed E-state index contributed by atoms with van der Waals surface area (Å²) in [6.07, 6.45) is 0. The second-order valence-corrected chi connectivity index (χ2v) is 6.47. The van der Waals surface area contributed by atoms with Gasteiger partial charge in [-0.05, 0) is 24.3 Å². The number of aliphatic hydroxyl groups excluding tert-OH is 1. The van der Waals surface area contributed by atoms with Gasteiger partial charge in [0.25, 0.3) is 5.91 Å². The number of ether oxygens (including phenoxy) is 1. The van der Waals surface area contributed by atoms with Gasteiger partial charge in [0, 0.05) is 9.79 Å². The van der Waals surface area contributed by atoms with Crippen LogP contribution < -0.4 is 10.2 Å². The topological polar surface area (TPSA) is 66.4 Å². The minimum absolute atomic E-state index is 0.0257. The third-order valence-corrected chi connectivity index (χ3v) is 4.83. The fourth-order valence-corrected chi connectivity index (χ4v) is 3.68. The lowest BCUT2D eigenvalue weighted by molar-refractivity contribution is -0.645. The van der Waals surface area contributed by atoms with Gasteiger partial charge >= 0.3 is 0 Å². The smallest absolute Gasteiger partial charge is 0.286 e. The number of hydrogen-bond acceptors (Lipinski definition) is 4. The number of nitrogens with two attached hydrogens (primary N) is 1. The lowest BCUT2D eigenvalue weighted by Gasteiger charge is -2.30. The lowest BCUT2D eigenvalue weighted by atomic mass is 10.2. The molecule has 0 unspecified atom stereocenters. The molecule has 0 spiro atoms. The van der Waals surface area contributed by atoms with E-state index in [1.54, 1.807) is 11.8 Å². The van der Waals surface area contributed by atoms with Crippen LogP contribution in [0.25, 0.3) is 0 Å². The van der Waals surface area contributed by atoms with E-state index in [1.165, 1.54) is 0 Å². The number of amides is 1. The number of carbonyl (C=O) groups excluding carboxylic acids is 1.